The lowest BCUT2D eigenvalue weighted by Gasteiger charge is -2.34. The maximum Gasteiger partial charge on any atom is 0.0198 e. The summed E-state index contributed by atoms with van der Waals surface area (Å²) in [5, 5.41) is 3.54. The molecule has 2 atom stereocenters. The SMILES string of the molecule is CC(C)NCC(C)N1CCCN(C)CC1C. The third-order valence-corrected chi connectivity index (χ3v) is 3.49. The van der Waals surface area contributed by atoms with E-state index < -0.39 is 0 Å². The van der Waals surface area contributed by atoms with Crippen molar-refractivity contribution in [2.45, 2.75) is 52.2 Å². The third-order valence-electron chi connectivity index (χ3n) is 3.49. The van der Waals surface area contributed by atoms with Crippen LogP contribution in [0.4, 0.5) is 0 Å². The summed E-state index contributed by atoms with van der Waals surface area (Å²) >= 11 is 0. The van der Waals surface area contributed by atoms with Gasteiger partial charge in [-0.2, -0.15) is 0 Å². The fourth-order valence-corrected chi connectivity index (χ4v) is 2.57. The first-order valence-corrected chi connectivity index (χ1v) is 6.68. The maximum absolute atomic E-state index is 3.54. The molecule has 1 aliphatic heterocycles. The Bertz CT molecular complexity index is 194. The molecule has 0 aromatic carbocycles. The zero-order valence-corrected chi connectivity index (χ0v) is 11.7. The van der Waals surface area contributed by atoms with Crippen LogP contribution in [-0.4, -0.2) is 61.2 Å². The Kier molecular flexibility index (Phi) is 5.73. The van der Waals surface area contributed by atoms with Crippen LogP contribution in [0.15, 0.2) is 0 Å². The fourth-order valence-electron chi connectivity index (χ4n) is 2.57. The van der Waals surface area contributed by atoms with Crippen molar-refractivity contribution in [3.05, 3.63) is 0 Å². The molecule has 0 aromatic heterocycles. The summed E-state index contributed by atoms with van der Waals surface area (Å²) in [7, 11) is 2.23. The second kappa shape index (κ2) is 6.58. The number of rotatable bonds is 4. The Hall–Kier alpha value is -0.120. The maximum atomic E-state index is 3.54. The largest absolute Gasteiger partial charge is 0.313 e. The molecule has 0 saturated carbocycles. The summed E-state index contributed by atoms with van der Waals surface area (Å²) in [5.41, 5.74) is 0. The second-order valence-corrected chi connectivity index (χ2v) is 5.61. The Morgan fingerprint density at radius 2 is 1.94 bits per heavy atom. The summed E-state index contributed by atoms with van der Waals surface area (Å²) in [6.07, 6.45) is 1.30. The molecule has 0 radical (unpaired) electrons. The summed E-state index contributed by atoms with van der Waals surface area (Å²) in [6.45, 7) is 13.9. The van der Waals surface area contributed by atoms with Gasteiger partial charge in [0.1, 0.15) is 0 Å². The van der Waals surface area contributed by atoms with Crippen molar-refractivity contribution >= 4 is 0 Å². The van der Waals surface area contributed by atoms with Gasteiger partial charge in [0, 0.05) is 37.8 Å². The molecule has 1 saturated heterocycles. The minimum absolute atomic E-state index is 0.590. The molecule has 0 amide bonds. The van der Waals surface area contributed by atoms with Gasteiger partial charge in [-0.1, -0.05) is 13.8 Å². The van der Waals surface area contributed by atoms with E-state index in [-0.39, 0.29) is 0 Å². The molecule has 1 rings (SSSR count). The minimum Gasteiger partial charge on any atom is -0.313 e. The van der Waals surface area contributed by atoms with Gasteiger partial charge in [0.25, 0.3) is 0 Å². The number of hydrogen-bond acceptors (Lipinski definition) is 3. The molecule has 0 bridgehead atoms. The highest BCUT2D eigenvalue weighted by Gasteiger charge is 2.23. The standard InChI is InChI=1S/C13H29N3/c1-11(2)14-9-12(3)16-8-6-7-15(5)10-13(16)4/h11-14H,6-10H2,1-5H3. The number of hydrogen-bond donors (Lipinski definition) is 1. The van der Waals surface area contributed by atoms with Crippen LogP contribution in [-0.2, 0) is 0 Å². The first kappa shape index (κ1) is 13.9. The molecule has 16 heavy (non-hydrogen) atoms. The van der Waals surface area contributed by atoms with Gasteiger partial charge in [-0.25, -0.2) is 0 Å². The fraction of sp³-hybridized carbons (Fsp3) is 1.00. The van der Waals surface area contributed by atoms with Crippen LogP contribution in [0, 0.1) is 0 Å². The van der Waals surface area contributed by atoms with Crippen LogP contribution in [0.2, 0.25) is 0 Å². The van der Waals surface area contributed by atoms with Crippen LogP contribution in [0.3, 0.4) is 0 Å². The molecular formula is C13H29N3. The monoisotopic (exact) mass is 227 g/mol. The van der Waals surface area contributed by atoms with Gasteiger partial charge in [0.2, 0.25) is 0 Å². The van der Waals surface area contributed by atoms with E-state index in [0.717, 1.165) is 6.54 Å². The van der Waals surface area contributed by atoms with E-state index >= 15 is 0 Å². The molecule has 1 aliphatic rings. The van der Waals surface area contributed by atoms with Gasteiger partial charge < -0.3 is 10.2 Å². The lowest BCUT2D eigenvalue weighted by molar-refractivity contribution is 0.148. The van der Waals surface area contributed by atoms with Gasteiger partial charge in [0.05, 0.1) is 0 Å². The summed E-state index contributed by atoms with van der Waals surface area (Å²) in [5.74, 6) is 0. The molecule has 1 N–H and O–H groups in total. The first-order chi connectivity index (χ1) is 7.50. The Morgan fingerprint density at radius 1 is 1.25 bits per heavy atom. The quantitative estimate of drug-likeness (QED) is 0.783. The normalized spacial score (nSPS) is 27.0. The van der Waals surface area contributed by atoms with Crippen molar-refractivity contribution in [3.8, 4) is 0 Å². The van der Waals surface area contributed by atoms with Gasteiger partial charge in [-0.15, -0.1) is 0 Å². The topological polar surface area (TPSA) is 18.5 Å². The van der Waals surface area contributed by atoms with Gasteiger partial charge >= 0.3 is 0 Å². The van der Waals surface area contributed by atoms with E-state index in [0.29, 0.717) is 18.1 Å². The Balaban J connectivity index is 2.43. The molecule has 0 aromatic rings. The van der Waals surface area contributed by atoms with Crippen molar-refractivity contribution in [1.82, 2.24) is 15.1 Å². The second-order valence-electron chi connectivity index (χ2n) is 5.61. The van der Waals surface area contributed by atoms with Crippen molar-refractivity contribution in [3.63, 3.8) is 0 Å². The van der Waals surface area contributed by atoms with E-state index in [4.69, 9.17) is 0 Å². The number of nitrogens with one attached hydrogen (secondary N) is 1. The smallest absolute Gasteiger partial charge is 0.0198 e. The van der Waals surface area contributed by atoms with Crippen LogP contribution in [0.25, 0.3) is 0 Å². The van der Waals surface area contributed by atoms with E-state index in [9.17, 15) is 0 Å². The molecule has 0 spiro atoms. The van der Waals surface area contributed by atoms with E-state index in [1.165, 1.54) is 26.1 Å². The minimum atomic E-state index is 0.590. The molecule has 3 nitrogen and oxygen atoms in total. The molecule has 2 unspecified atom stereocenters. The van der Waals surface area contributed by atoms with Gasteiger partial charge in [0.15, 0.2) is 0 Å². The predicted octanol–water partition coefficient (Wildman–Crippen LogP) is 1.40. The zero-order chi connectivity index (χ0) is 12.1. The predicted molar refractivity (Wildman–Crippen MR) is 70.9 cm³/mol. The van der Waals surface area contributed by atoms with Crippen LogP contribution in [0.1, 0.15) is 34.1 Å². The van der Waals surface area contributed by atoms with Crippen molar-refractivity contribution in [2.75, 3.05) is 33.2 Å². The third kappa shape index (κ3) is 4.40. The first-order valence-electron chi connectivity index (χ1n) is 6.68. The van der Waals surface area contributed by atoms with Gasteiger partial charge in [-0.05, 0) is 33.9 Å². The number of nitrogens with zero attached hydrogens (tertiary/aromatic N) is 2. The molecule has 1 fully saturated rings. The Morgan fingerprint density at radius 3 is 2.56 bits per heavy atom. The molecule has 1 heterocycles. The van der Waals surface area contributed by atoms with Crippen LogP contribution < -0.4 is 5.32 Å². The molecular weight excluding hydrogens is 198 g/mol. The lowest BCUT2D eigenvalue weighted by atomic mass is 10.2. The van der Waals surface area contributed by atoms with E-state index in [2.05, 4.69) is 49.9 Å². The summed E-state index contributed by atoms with van der Waals surface area (Å²) in [6, 6.07) is 1.91. The highest BCUT2D eigenvalue weighted by Crippen LogP contribution is 2.11. The van der Waals surface area contributed by atoms with E-state index in [1.54, 1.807) is 0 Å². The van der Waals surface area contributed by atoms with Crippen molar-refractivity contribution in [1.29, 1.82) is 0 Å². The van der Waals surface area contributed by atoms with Gasteiger partial charge in [-0.3, -0.25) is 4.90 Å². The Labute approximate surface area is 101 Å². The average Bonchev–Trinajstić information content (AvgIpc) is 2.35. The summed E-state index contributed by atoms with van der Waals surface area (Å²) in [4.78, 5) is 5.10. The number of likely N-dealkylation sites (N-methyl/N-ethyl adjacent to an activating group) is 1. The highest BCUT2D eigenvalue weighted by molar-refractivity contribution is 4.80. The van der Waals surface area contributed by atoms with Crippen LogP contribution in [0.5, 0.6) is 0 Å². The average molecular weight is 227 g/mol. The lowest BCUT2D eigenvalue weighted by Crippen LogP contribution is -2.48. The van der Waals surface area contributed by atoms with Crippen LogP contribution >= 0.6 is 0 Å². The van der Waals surface area contributed by atoms with E-state index in [1.807, 2.05) is 0 Å². The molecule has 3 heteroatoms. The van der Waals surface area contributed by atoms with Crippen molar-refractivity contribution in [2.24, 2.45) is 0 Å². The summed E-state index contributed by atoms with van der Waals surface area (Å²) < 4.78 is 0. The molecule has 0 aliphatic carbocycles. The van der Waals surface area contributed by atoms with Crippen molar-refractivity contribution < 1.29 is 0 Å². The highest BCUT2D eigenvalue weighted by atomic mass is 15.3. The molecule has 96 valence electrons. The zero-order valence-electron chi connectivity index (χ0n) is 11.7.